The van der Waals surface area contributed by atoms with Crippen LogP contribution in [0, 0.1) is 0 Å². The summed E-state index contributed by atoms with van der Waals surface area (Å²) in [7, 11) is -3.77. The standard InChI is InChI=1S/C20H33N3O6S/c1-7-23(8-2)30(26,27)17-14-15(10-11-16(17)28-9-3)22-18(24)12-13-21-19(25)29-20(4,5)6/h10-11,14H,7-9,12-13H2,1-6H3,(H,21,25)(H,22,24). The van der Waals surface area contributed by atoms with Crippen molar-refractivity contribution in [3.05, 3.63) is 18.2 Å². The van der Waals surface area contributed by atoms with Gasteiger partial charge < -0.3 is 20.1 Å². The molecule has 1 aromatic rings. The molecule has 9 nitrogen and oxygen atoms in total. The maximum atomic E-state index is 13.0. The number of sulfonamides is 1. The molecule has 0 radical (unpaired) electrons. The summed E-state index contributed by atoms with van der Waals surface area (Å²) >= 11 is 0. The Morgan fingerprint density at radius 2 is 1.73 bits per heavy atom. The first-order valence-corrected chi connectivity index (χ1v) is 11.4. The number of nitrogens with one attached hydrogen (secondary N) is 2. The minimum atomic E-state index is -3.77. The Bertz CT molecular complexity index is 829. The van der Waals surface area contributed by atoms with Crippen molar-refractivity contribution in [3.63, 3.8) is 0 Å². The number of amides is 2. The Labute approximate surface area is 179 Å². The van der Waals surface area contributed by atoms with Crippen molar-refractivity contribution < 1.29 is 27.5 Å². The topological polar surface area (TPSA) is 114 Å². The summed E-state index contributed by atoms with van der Waals surface area (Å²) in [6.07, 6.45) is -0.603. The van der Waals surface area contributed by atoms with Crippen LogP contribution in [-0.4, -0.2) is 56.6 Å². The first-order valence-electron chi connectivity index (χ1n) is 9.98. The number of hydrogen-bond acceptors (Lipinski definition) is 6. The lowest BCUT2D eigenvalue weighted by atomic mass is 10.2. The molecule has 0 bridgehead atoms. The largest absolute Gasteiger partial charge is 0.492 e. The highest BCUT2D eigenvalue weighted by atomic mass is 32.2. The predicted octanol–water partition coefficient (Wildman–Crippen LogP) is 2.97. The average molecular weight is 444 g/mol. The first kappa shape index (κ1) is 25.7. The minimum Gasteiger partial charge on any atom is -0.492 e. The Morgan fingerprint density at radius 1 is 1.10 bits per heavy atom. The molecule has 170 valence electrons. The lowest BCUT2D eigenvalue weighted by molar-refractivity contribution is -0.116. The number of nitrogens with zero attached hydrogens (tertiary/aromatic N) is 1. The molecule has 2 N–H and O–H groups in total. The summed E-state index contributed by atoms with van der Waals surface area (Å²) in [6.45, 7) is 11.5. The number of carbonyl (C=O) groups is 2. The number of rotatable bonds is 10. The van der Waals surface area contributed by atoms with Crippen molar-refractivity contribution in [2.24, 2.45) is 0 Å². The quantitative estimate of drug-likeness (QED) is 0.575. The number of alkyl carbamates (subject to hydrolysis) is 1. The van der Waals surface area contributed by atoms with E-state index in [9.17, 15) is 18.0 Å². The number of anilines is 1. The fraction of sp³-hybridized carbons (Fsp3) is 0.600. The number of ether oxygens (including phenoxy) is 2. The summed E-state index contributed by atoms with van der Waals surface area (Å²) in [6, 6.07) is 4.48. The van der Waals surface area contributed by atoms with E-state index in [-0.39, 0.29) is 29.5 Å². The number of hydrogen-bond donors (Lipinski definition) is 2. The third-order valence-corrected chi connectivity index (χ3v) is 5.94. The molecule has 0 atom stereocenters. The van der Waals surface area contributed by atoms with Crippen LogP contribution in [0.2, 0.25) is 0 Å². The van der Waals surface area contributed by atoms with E-state index in [2.05, 4.69) is 10.6 Å². The van der Waals surface area contributed by atoms with Crippen LogP contribution in [-0.2, 0) is 19.6 Å². The van der Waals surface area contributed by atoms with Gasteiger partial charge in [0.15, 0.2) is 0 Å². The normalized spacial score (nSPS) is 11.8. The van der Waals surface area contributed by atoms with Gasteiger partial charge in [0.1, 0.15) is 16.2 Å². The summed E-state index contributed by atoms with van der Waals surface area (Å²) in [5, 5.41) is 5.15. The molecule has 30 heavy (non-hydrogen) atoms. The molecule has 1 rings (SSSR count). The average Bonchev–Trinajstić information content (AvgIpc) is 2.62. The van der Waals surface area contributed by atoms with E-state index in [1.54, 1.807) is 47.6 Å². The molecule has 0 saturated heterocycles. The highest BCUT2D eigenvalue weighted by Gasteiger charge is 2.26. The van der Waals surface area contributed by atoms with Gasteiger partial charge in [0.2, 0.25) is 15.9 Å². The second-order valence-corrected chi connectivity index (χ2v) is 9.32. The second-order valence-electron chi connectivity index (χ2n) is 7.41. The minimum absolute atomic E-state index is 0.00210. The van der Waals surface area contributed by atoms with Gasteiger partial charge in [-0.05, 0) is 45.9 Å². The van der Waals surface area contributed by atoms with Crippen LogP contribution in [0.15, 0.2) is 23.1 Å². The summed E-state index contributed by atoms with van der Waals surface area (Å²) in [5.41, 5.74) is -0.298. The summed E-state index contributed by atoms with van der Waals surface area (Å²) in [5.74, 6) is -0.143. The van der Waals surface area contributed by atoms with E-state index in [4.69, 9.17) is 9.47 Å². The molecule has 1 aromatic carbocycles. The molecule has 0 aromatic heterocycles. The van der Waals surface area contributed by atoms with Crippen LogP contribution < -0.4 is 15.4 Å². The van der Waals surface area contributed by atoms with Crippen LogP contribution >= 0.6 is 0 Å². The van der Waals surface area contributed by atoms with Gasteiger partial charge in [-0.3, -0.25) is 4.79 Å². The van der Waals surface area contributed by atoms with E-state index >= 15 is 0 Å². The van der Waals surface area contributed by atoms with E-state index in [0.29, 0.717) is 25.4 Å². The van der Waals surface area contributed by atoms with Gasteiger partial charge in [0, 0.05) is 31.7 Å². The lowest BCUT2D eigenvalue weighted by Gasteiger charge is -2.21. The zero-order valence-electron chi connectivity index (χ0n) is 18.6. The smallest absolute Gasteiger partial charge is 0.407 e. The third-order valence-electron chi connectivity index (χ3n) is 3.87. The molecule has 0 spiro atoms. The van der Waals surface area contributed by atoms with Crippen molar-refractivity contribution in [1.82, 2.24) is 9.62 Å². The Kier molecular flexibility index (Phi) is 9.57. The van der Waals surface area contributed by atoms with Crippen LogP contribution in [0.5, 0.6) is 5.75 Å². The van der Waals surface area contributed by atoms with Gasteiger partial charge in [-0.25, -0.2) is 13.2 Å². The van der Waals surface area contributed by atoms with Crippen LogP contribution in [0.3, 0.4) is 0 Å². The molecule has 0 unspecified atom stereocenters. The Balaban J connectivity index is 2.88. The predicted molar refractivity (Wildman–Crippen MR) is 115 cm³/mol. The maximum Gasteiger partial charge on any atom is 0.407 e. The molecule has 2 amide bonds. The van der Waals surface area contributed by atoms with Crippen molar-refractivity contribution in [3.8, 4) is 5.75 Å². The monoisotopic (exact) mass is 443 g/mol. The Hall–Kier alpha value is -2.33. The van der Waals surface area contributed by atoms with Crippen molar-refractivity contribution in [2.45, 2.75) is 58.5 Å². The van der Waals surface area contributed by atoms with E-state index in [1.165, 1.54) is 16.4 Å². The van der Waals surface area contributed by atoms with Gasteiger partial charge in [0.25, 0.3) is 0 Å². The van der Waals surface area contributed by atoms with E-state index in [0.717, 1.165) is 0 Å². The first-order chi connectivity index (χ1) is 13.9. The third kappa shape index (κ3) is 7.83. The second kappa shape index (κ2) is 11.2. The molecule has 0 saturated carbocycles. The molecule has 0 heterocycles. The van der Waals surface area contributed by atoms with Gasteiger partial charge >= 0.3 is 6.09 Å². The molecule has 10 heteroatoms. The molecular formula is C20H33N3O6S. The van der Waals surface area contributed by atoms with Crippen LogP contribution in [0.4, 0.5) is 10.5 Å². The van der Waals surface area contributed by atoms with Gasteiger partial charge in [-0.2, -0.15) is 4.31 Å². The molecule has 0 aliphatic heterocycles. The van der Waals surface area contributed by atoms with Crippen LogP contribution in [0.25, 0.3) is 0 Å². The van der Waals surface area contributed by atoms with Crippen molar-refractivity contribution in [2.75, 3.05) is 31.6 Å². The molecule has 0 fully saturated rings. The van der Waals surface area contributed by atoms with Crippen LogP contribution in [0.1, 0.15) is 48.0 Å². The van der Waals surface area contributed by atoms with E-state index in [1.807, 2.05) is 0 Å². The molecule has 0 aliphatic rings. The number of carbonyl (C=O) groups excluding carboxylic acids is 2. The van der Waals surface area contributed by atoms with Gasteiger partial charge in [0.05, 0.1) is 6.61 Å². The fourth-order valence-corrected chi connectivity index (χ4v) is 4.20. The zero-order valence-corrected chi connectivity index (χ0v) is 19.4. The van der Waals surface area contributed by atoms with Crippen molar-refractivity contribution in [1.29, 1.82) is 0 Å². The lowest BCUT2D eigenvalue weighted by Crippen LogP contribution is -2.34. The highest BCUT2D eigenvalue weighted by Crippen LogP contribution is 2.30. The fourth-order valence-electron chi connectivity index (χ4n) is 2.58. The molecule has 0 aliphatic carbocycles. The summed E-state index contributed by atoms with van der Waals surface area (Å²) in [4.78, 5) is 23.8. The van der Waals surface area contributed by atoms with E-state index < -0.39 is 21.7 Å². The van der Waals surface area contributed by atoms with Crippen molar-refractivity contribution >= 4 is 27.7 Å². The summed E-state index contributed by atoms with van der Waals surface area (Å²) < 4.78 is 37.8. The van der Waals surface area contributed by atoms with Gasteiger partial charge in [-0.15, -0.1) is 0 Å². The maximum absolute atomic E-state index is 13.0. The van der Waals surface area contributed by atoms with Gasteiger partial charge in [-0.1, -0.05) is 13.8 Å². The molecular weight excluding hydrogens is 410 g/mol. The zero-order chi connectivity index (χ0) is 22.9. The SMILES string of the molecule is CCOc1ccc(NC(=O)CCNC(=O)OC(C)(C)C)cc1S(=O)(=O)N(CC)CC. The Morgan fingerprint density at radius 3 is 2.27 bits per heavy atom. The highest BCUT2D eigenvalue weighted by molar-refractivity contribution is 7.89. The number of benzene rings is 1.